The number of piperazine rings is 1. The molecule has 2 unspecified atom stereocenters. The van der Waals surface area contributed by atoms with Gasteiger partial charge in [-0.25, -0.2) is 0 Å². The van der Waals surface area contributed by atoms with Crippen LogP contribution in [0.5, 0.6) is 0 Å². The highest BCUT2D eigenvalue weighted by molar-refractivity contribution is 5.82. The third kappa shape index (κ3) is 5.04. The maximum Gasteiger partial charge on any atom is 0.251 e. The Bertz CT molecular complexity index is 648. The van der Waals surface area contributed by atoms with Gasteiger partial charge in [0.25, 0.3) is 5.91 Å². The topological polar surface area (TPSA) is 57.2 Å². The Morgan fingerprint density at radius 1 is 1.18 bits per heavy atom. The predicted octanol–water partition coefficient (Wildman–Crippen LogP) is 2.32. The van der Waals surface area contributed by atoms with Crippen molar-refractivity contribution in [3.8, 4) is 0 Å². The third-order valence-corrected chi connectivity index (χ3v) is 5.82. The number of guanidine groups is 1. The first kappa shape index (κ1) is 20.6. The van der Waals surface area contributed by atoms with Crippen molar-refractivity contribution >= 4 is 11.9 Å². The monoisotopic (exact) mass is 386 g/mol. The molecule has 2 aliphatic heterocycles. The molecule has 2 aliphatic rings. The van der Waals surface area contributed by atoms with E-state index < -0.39 is 0 Å². The Morgan fingerprint density at radius 3 is 2.43 bits per heavy atom. The van der Waals surface area contributed by atoms with Crippen LogP contribution in [0, 0.1) is 5.92 Å². The molecule has 2 heterocycles. The van der Waals surface area contributed by atoms with Crippen molar-refractivity contribution in [3.05, 3.63) is 35.9 Å². The lowest BCUT2D eigenvalue weighted by molar-refractivity contribution is -0.142. The van der Waals surface area contributed by atoms with Gasteiger partial charge < -0.3 is 19.9 Å². The maximum absolute atomic E-state index is 12.5. The van der Waals surface area contributed by atoms with E-state index in [2.05, 4.69) is 59.4 Å². The number of hydrogen-bond acceptors (Lipinski definition) is 3. The number of aliphatic imine (C=N–C) groups is 1. The van der Waals surface area contributed by atoms with Gasteiger partial charge >= 0.3 is 0 Å². The van der Waals surface area contributed by atoms with Crippen LogP contribution in [0.25, 0.3) is 0 Å². The van der Waals surface area contributed by atoms with Crippen molar-refractivity contribution in [1.29, 1.82) is 0 Å². The van der Waals surface area contributed by atoms with Crippen LogP contribution in [0.2, 0.25) is 0 Å². The molecule has 2 atom stereocenters. The first-order valence-electron chi connectivity index (χ1n) is 10.5. The van der Waals surface area contributed by atoms with Crippen LogP contribution in [0.4, 0.5) is 0 Å². The molecule has 1 N–H and O–H groups in total. The summed E-state index contributed by atoms with van der Waals surface area (Å²) < 4.78 is 5.55. The maximum atomic E-state index is 12.5. The average Bonchev–Trinajstić information content (AvgIpc) is 3.26. The molecule has 6 nitrogen and oxygen atoms in total. The van der Waals surface area contributed by atoms with Gasteiger partial charge in [0.15, 0.2) is 5.96 Å². The number of nitrogens with one attached hydrogen (secondary N) is 1. The minimum atomic E-state index is -0.221. The van der Waals surface area contributed by atoms with Gasteiger partial charge in [0.1, 0.15) is 6.10 Å². The molecule has 0 bridgehead atoms. The second kappa shape index (κ2) is 9.92. The Balaban J connectivity index is 1.52. The van der Waals surface area contributed by atoms with E-state index in [1.54, 1.807) is 0 Å². The molecule has 28 heavy (non-hydrogen) atoms. The van der Waals surface area contributed by atoms with Gasteiger partial charge in [-0.1, -0.05) is 44.2 Å². The summed E-state index contributed by atoms with van der Waals surface area (Å²) in [4.78, 5) is 21.2. The molecular formula is C22H34N4O2. The summed E-state index contributed by atoms with van der Waals surface area (Å²) in [6.45, 7) is 9.15. The van der Waals surface area contributed by atoms with Crippen LogP contribution >= 0.6 is 0 Å². The van der Waals surface area contributed by atoms with Crippen molar-refractivity contribution in [2.45, 2.75) is 38.7 Å². The lowest BCUT2D eigenvalue weighted by Crippen LogP contribution is -2.55. The van der Waals surface area contributed by atoms with E-state index in [4.69, 9.17) is 4.74 Å². The minimum absolute atomic E-state index is 0.157. The second-order valence-electron chi connectivity index (χ2n) is 8.00. The first-order chi connectivity index (χ1) is 13.6. The molecular weight excluding hydrogens is 352 g/mol. The van der Waals surface area contributed by atoms with E-state index >= 15 is 0 Å². The summed E-state index contributed by atoms with van der Waals surface area (Å²) in [5.41, 5.74) is 1.35. The van der Waals surface area contributed by atoms with E-state index in [-0.39, 0.29) is 12.0 Å². The van der Waals surface area contributed by atoms with E-state index in [0.717, 1.165) is 51.5 Å². The molecule has 1 amide bonds. The van der Waals surface area contributed by atoms with Crippen molar-refractivity contribution in [2.24, 2.45) is 10.9 Å². The lowest BCUT2D eigenvalue weighted by Gasteiger charge is -2.37. The largest absolute Gasteiger partial charge is 0.368 e. The summed E-state index contributed by atoms with van der Waals surface area (Å²) in [5.74, 6) is 2.05. The molecule has 1 aromatic rings. The molecule has 0 aromatic heterocycles. The van der Waals surface area contributed by atoms with Crippen LogP contribution < -0.4 is 5.32 Å². The predicted molar refractivity (Wildman–Crippen MR) is 113 cm³/mol. The Labute approximate surface area is 168 Å². The Hall–Kier alpha value is -2.08. The van der Waals surface area contributed by atoms with Gasteiger partial charge in [0.05, 0.1) is 0 Å². The van der Waals surface area contributed by atoms with E-state index in [1.807, 2.05) is 11.9 Å². The SMILES string of the molecule is CN=C(NCC(c1ccccc1)C(C)C)N1CCN(C(=O)C2CCCO2)CC1. The quantitative estimate of drug-likeness (QED) is 0.623. The highest BCUT2D eigenvalue weighted by Gasteiger charge is 2.31. The van der Waals surface area contributed by atoms with E-state index in [1.165, 1.54) is 5.56 Å². The van der Waals surface area contributed by atoms with Gasteiger partial charge in [-0.05, 0) is 24.3 Å². The number of hydrogen-bond donors (Lipinski definition) is 1. The molecule has 154 valence electrons. The van der Waals surface area contributed by atoms with Gasteiger partial charge in [-0.15, -0.1) is 0 Å². The normalized spacial score (nSPS) is 21.9. The van der Waals surface area contributed by atoms with Crippen LogP contribution in [-0.2, 0) is 9.53 Å². The fraction of sp³-hybridized carbons (Fsp3) is 0.636. The van der Waals surface area contributed by atoms with Crippen LogP contribution in [0.3, 0.4) is 0 Å². The van der Waals surface area contributed by atoms with Gasteiger partial charge in [0, 0.05) is 52.3 Å². The second-order valence-corrected chi connectivity index (χ2v) is 8.00. The lowest BCUT2D eigenvalue weighted by atomic mass is 9.88. The number of amides is 1. The summed E-state index contributed by atoms with van der Waals surface area (Å²) >= 11 is 0. The zero-order chi connectivity index (χ0) is 19.9. The Morgan fingerprint density at radius 2 is 1.86 bits per heavy atom. The molecule has 6 heteroatoms. The minimum Gasteiger partial charge on any atom is -0.368 e. The molecule has 0 radical (unpaired) electrons. The number of rotatable bonds is 5. The molecule has 0 saturated carbocycles. The van der Waals surface area contributed by atoms with E-state index in [9.17, 15) is 4.79 Å². The average molecular weight is 387 g/mol. The van der Waals surface area contributed by atoms with Crippen molar-refractivity contribution in [1.82, 2.24) is 15.1 Å². The van der Waals surface area contributed by atoms with E-state index in [0.29, 0.717) is 18.4 Å². The number of carbonyl (C=O) groups is 1. The standard InChI is InChI=1S/C22H34N4O2/c1-17(2)19(18-8-5-4-6-9-18)16-24-22(23-3)26-13-11-25(12-14-26)21(27)20-10-7-15-28-20/h4-6,8-9,17,19-20H,7,10-16H2,1-3H3,(H,23,24). The summed E-state index contributed by atoms with van der Waals surface area (Å²) in [7, 11) is 1.83. The first-order valence-corrected chi connectivity index (χ1v) is 10.5. The highest BCUT2D eigenvalue weighted by atomic mass is 16.5. The zero-order valence-corrected chi connectivity index (χ0v) is 17.4. The van der Waals surface area contributed by atoms with Gasteiger partial charge in [0.2, 0.25) is 0 Å². The molecule has 0 spiro atoms. The number of carbonyl (C=O) groups excluding carboxylic acids is 1. The summed E-state index contributed by atoms with van der Waals surface area (Å²) in [6, 6.07) is 10.7. The summed E-state index contributed by atoms with van der Waals surface area (Å²) in [5, 5.41) is 3.57. The number of ether oxygens (including phenoxy) is 1. The fourth-order valence-corrected chi connectivity index (χ4v) is 4.09. The zero-order valence-electron chi connectivity index (χ0n) is 17.4. The summed E-state index contributed by atoms with van der Waals surface area (Å²) in [6.07, 6.45) is 1.63. The third-order valence-electron chi connectivity index (χ3n) is 5.82. The van der Waals surface area contributed by atoms with Gasteiger partial charge in [-0.3, -0.25) is 9.79 Å². The van der Waals surface area contributed by atoms with Crippen molar-refractivity contribution in [2.75, 3.05) is 46.4 Å². The Kier molecular flexibility index (Phi) is 7.31. The molecule has 3 rings (SSSR count). The van der Waals surface area contributed by atoms with Crippen LogP contribution in [0.15, 0.2) is 35.3 Å². The number of nitrogens with zero attached hydrogens (tertiary/aromatic N) is 3. The van der Waals surface area contributed by atoms with Crippen LogP contribution in [0.1, 0.15) is 38.2 Å². The molecule has 2 saturated heterocycles. The molecule has 2 fully saturated rings. The van der Waals surface area contributed by atoms with Crippen molar-refractivity contribution < 1.29 is 9.53 Å². The molecule has 0 aliphatic carbocycles. The number of benzene rings is 1. The highest BCUT2D eigenvalue weighted by Crippen LogP contribution is 2.23. The fourth-order valence-electron chi connectivity index (χ4n) is 4.09. The van der Waals surface area contributed by atoms with Gasteiger partial charge in [-0.2, -0.15) is 0 Å². The molecule has 1 aromatic carbocycles. The van der Waals surface area contributed by atoms with Crippen molar-refractivity contribution in [3.63, 3.8) is 0 Å². The smallest absolute Gasteiger partial charge is 0.251 e. The van der Waals surface area contributed by atoms with Crippen LogP contribution in [-0.4, -0.2) is 74.1 Å².